The number of alkyl halides is 3. The van der Waals surface area contributed by atoms with Gasteiger partial charge in [0.15, 0.2) is 0 Å². The van der Waals surface area contributed by atoms with Crippen LogP contribution in [0.25, 0.3) is 0 Å². The quantitative estimate of drug-likeness (QED) is 0.849. The van der Waals surface area contributed by atoms with E-state index in [2.05, 4.69) is 5.32 Å². The van der Waals surface area contributed by atoms with Gasteiger partial charge in [-0.05, 0) is 30.3 Å². The van der Waals surface area contributed by atoms with E-state index in [0.29, 0.717) is 10.7 Å². The topological polar surface area (TPSA) is 35.8 Å². The van der Waals surface area contributed by atoms with Gasteiger partial charge in [-0.2, -0.15) is 18.4 Å². The summed E-state index contributed by atoms with van der Waals surface area (Å²) in [6.45, 7) is 0. The fourth-order valence-electron chi connectivity index (χ4n) is 1.67. The molecular formula is C14H8ClF3N2. The largest absolute Gasteiger partial charge is 0.417 e. The maximum absolute atomic E-state index is 12.8. The summed E-state index contributed by atoms with van der Waals surface area (Å²) < 4.78 is 38.5. The lowest BCUT2D eigenvalue weighted by Crippen LogP contribution is -2.08. The van der Waals surface area contributed by atoms with Crippen molar-refractivity contribution in [1.29, 1.82) is 5.26 Å². The van der Waals surface area contributed by atoms with Crippen LogP contribution in [-0.2, 0) is 6.18 Å². The lowest BCUT2D eigenvalue weighted by atomic mass is 10.1. The fourth-order valence-corrected chi connectivity index (χ4v) is 1.86. The molecule has 0 unspecified atom stereocenters. The molecule has 0 bridgehead atoms. The Kier molecular flexibility index (Phi) is 3.86. The van der Waals surface area contributed by atoms with E-state index >= 15 is 0 Å². The van der Waals surface area contributed by atoms with Gasteiger partial charge in [0.25, 0.3) is 0 Å². The highest BCUT2D eigenvalue weighted by Crippen LogP contribution is 2.34. The minimum absolute atomic E-state index is 0.212. The Hall–Kier alpha value is -2.19. The van der Waals surface area contributed by atoms with Crippen molar-refractivity contribution in [1.82, 2.24) is 0 Å². The van der Waals surface area contributed by atoms with E-state index in [1.54, 1.807) is 24.3 Å². The Morgan fingerprint density at radius 1 is 1.10 bits per heavy atom. The molecule has 0 radical (unpaired) electrons. The van der Waals surface area contributed by atoms with Gasteiger partial charge >= 0.3 is 6.18 Å². The lowest BCUT2D eigenvalue weighted by Gasteiger charge is -2.13. The Balaban J connectivity index is 2.40. The number of rotatable bonds is 2. The van der Waals surface area contributed by atoms with Crippen molar-refractivity contribution in [2.24, 2.45) is 0 Å². The zero-order valence-electron chi connectivity index (χ0n) is 10.0. The van der Waals surface area contributed by atoms with Crippen LogP contribution in [0.4, 0.5) is 24.5 Å². The summed E-state index contributed by atoms with van der Waals surface area (Å²) in [5.74, 6) is 0. The average Bonchev–Trinajstić information content (AvgIpc) is 2.40. The van der Waals surface area contributed by atoms with Crippen LogP contribution < -0.4 is 5.32 Å². The second-order valence-corrected chi connectivity index (χ2v) is 4.38. The molecule has 0 atom stereocenters. The molecule has 0 aliphatic carbocycles. The Morgan fingerprint density at radius 3 is 2.40 bits per heavy atom. The molecule has 0 aliphatic heterocycles. The fraction of sp³-hybridized carbons (Fsp3) is 0.0714. The number of benzene rings is 2. The second kappa shape index (κ2) is 5.43. The van der Waals surface area contributed by atoms with Crippen molar-refractivity contribution < 1.29 is 13.2 Å². The molecular weight excluding hydrogens is 289 g/mol. The smallest absolute Gasteiger partial charge is 0.354 e. The summed E-state index contributed by atoms with van der Waals surface area (Å²) in [5.41, 5.74) is -0.685. The molecule has 0 aliphatic rings. The van der Waals surface area contributed by atoms with Crippen LogP contribution in [0.2, 0.25) is 5.02 Å². The van der Waals surface area contributed by atoms with Crippen LogP contribution in [0.5, 0.6) is 0 Å². The molecule has 2 aromatic carbocycles. The zero-order valence-corrected chi connectivity index (χ0v) is 10.8. The van der Waals surface area contributed by atoms with E-state index < -0.39 is 17.3 Å². The molecule has 0 amide bonds. The minimum atomic E-state index is -4.58. The summed E-state index contributed by atoms with van der Waals surface area (Å²) in [4.78, 5) is 0. The van der Waals surface area contributed by atoms with Crippen molar-refractivity contribution in [3.8, 4) is 6.07 Å². The normalized spacial score (nSPS) is 10.9. The SMILES string of the molecule is N#Cc1ccc(Nc2ccccc2Cl)cc1C(F)(F)F. The van der Waals surface area contributed by atoms with Gasteiger partial charge < -0.3 is 5.32 Å². The molecule has 0 saturated heterocycles. The summed E-state index contributed by atoms with van der Waals surface area (Å²) in [5, 5.41) is 11.9. The molecule has 6 heteroatoms. The summed E-state index contributed by atoms with van der Waals surface area (Å²) in [7, 11) is 0. The van der Waals surface area contributed by atoms with Gasteiger partial charge in [0, 0.05) is 5.69 Å². The molecule has 1 N–H and O–H groups in total. The number of para-hydroxylation sites is 1. The van der Waals surface area contributed by atoms with Crippen LogP contribution in [0.3, 0.4) is 0 Å². The van der Waals surface area contributed by atoms with Crippen molar-refractivity contribution in [3.63, 3.8) is 0 Å². The molecule has 2 nitrogen and oxygen atoms in total. The van der Waals surface area contributed by atoms with Crippen molar-refractivity contribution >= 4 is 23.0 Å². The molecule has 0 heterocycles. The molecule has 2 aromatic rings. The highest BCUT2D eigenvalue weighted by Gasteiger charge is 2.33. The third-order valence-corrected chi connectivity index (χ3v) is 2.93. The van der Waals surface area contributed by atoms with E-state index in [0.717, 1.165) is 12.1 Å². The van der Waals surface area contributed by atoms with Gasteiger partial charge in [0.05, 0.1) is 27.9 Å². The van der Waals surface area contributed by atoms with E-state index in [9.17, 15) is 13.2 Å². The third kappa shape index (κ3) is 3.03. The Labute approximate surface area is 118 Å². The summed E-state index contributed by atoms with van der Waals surface area (Å²) >= 11 is 5.93. The predicted octanol–water partition coefficient (Wildman–Crippen LogP) is 4.97. The number of hydrogen-bond donors (Lipinski definition) is 1. The van der Waals surface area contributed by atoms with Crippen molar-refractivity contribution in [2.45, 2.75) is 6.18 Å². The number of hydrogen-bond acceptors (Lipinski definition) is 2. The summed E-state index contributed by atoms with van der Waals surface area (Å²) in [6.07, 6.45) is -4.58. The van der Waals surface area contributed by atoms with Crippen molar-refractivity contribution in [2.75, 3.05) is 5.32 Å². The van der Waals surface area contributed by atoms with E-state index in [1.165, 1.54) is 12.1 Å². The number of nitrogens with zero attached hydrogens (tertiary/aromatic N) is 1. The second-order valence-electron chi connectivity index (χ2n) is 3.97. The third-order valence-electron chi connectivity index (χ3n) is 2.60. The van der Waals surface area contributed by atoms with Crippen LogP contribution >= 0.6 is 11.6 Å². The Bertz CT molecular complexity index is 675. The number of nitriles is 1. The molecule has 0 fully saturated rings. The van der Waals surface area contributed by atoms with Gasteiger partial charge in [-0.1, -0.05) is 23.7 Å². The van der Waals surface area contributed by atoms with Crippen molar-refractivity contribution in [3.05, 3.63) is 58.6 Å². The van der Waals surface area contributed by atoms with E-state index in [4.69, 9.17) is 16.9 Å². The number of anilines is 2. The molecule has 0 spiro atoms. The maximum atomic E-state index is 12.8. The zero-order chi connectivity index (χ0) is 14.8. The van der Waals surface area contributed by atoms with Crippen LogP contribution in [0, 0.1) is 11.3 Å². The number of nitrogens with one attached hydrogen (secondary N) is 1. The first kappa shape index (κ1) is 14.2. The van der Waals surface area contributed by atoms with Gasteiger partial charge in [-0.15, -0.1) is 0 Å². The van der Waals surface area contributed by atoms with Gasteiger partial charge in [-0.3, -0.25) is 0 Å². The highest BCUT2D eigenvalue weighted by molar-refractivity contribution is 6.33. The predicted molar refractivity (Wildman–Crippen MR) is 70.9 cm³/mol. The van der Waals surface area contributed by atoms with E-state index in [1.807, 2.05) is 0 Å². The van der Waals surface area contributed by atoms with Crippen LogP contribution in [0.1, 0.15) is 11.1 Å². The summed E-state index contributed by atoms with van der Waals surface area (Å²) in [6, 6.07) is 11.6. The first-order valence-electron chi connectivity index (χ1n) is 5.54. The average molecular weight is 297 g/mol. The lowest BCUT2D eigenvalue weighted by molar-refractivity contribution is -0.137. The van der Waals surface area contributed by atoms with Gasteiger partial charge in [-0.25, -0.2) is 0 Å². The number of halogens is 4. The first-order chi connectivity index (χ1) is 9.41. The molecule has 102 valence electrons. The van der Waals surface area contributed by atoms with Gasteiger partial charge in [0.1, 0.15) is 0 Å². The van der Waals surface area contributed by atoms with E-state index in [-0.39, 0.29) is 5.69 Å². The maximum Gasteiger partial charge on any atom is 0.417 e. The molecule has 0 saturated carbocycles. The monoisotopic (exact) mass is 296 g/mol. The van der Waals surface area contributed by atoms with Crippen LogP contribution in [-0.4, -0.2) is 0 Å². The first-order valence-corrected chi connectivity index (χ1v) is 5.92. The molecule has 20 heavy (non-hydrogen) atoms. The molecule has 0 aromatic heterocycles. The van der Waals surface area contributed by atoms with Gasteiger partial charge in [0.2, 0.25) is 0 Å². The molecule has 2 rings (SSSR count). The highest BCUT2D eigenvalue weighted by atomic mass is 35.5. The Morgan fingerprint density at radius 2 is 1.80 bits per heavy atom. The minimum Gasteiger partial charge on any atom is -0.354 e. The standard InChI is InChI=1S/C14H8ClF3N2/c15-12-3-1-2-4-13(12)20-10-6-5-9(8-19)11(7-10)14(16,17)18/h1-7,20H. The van der Waals surface area contributed by atoms with Crippen LogP contribution in [0.15, 0.2) is 42.5 Å².